The zero-order chi connectivity index (χ0) is 13.2. The first-order chi connectivity index (χ1) is 8.76. The number of hydrogen-bond donors (Lipinski definition) is 1. The van der Waals surface area contributed by atoms with E-state index in [-0.39, 0.29) is 0 Å². The second-order valence-electron chi connectivity index (χ2n) is 4.69. The van der Waals surface area contributed by atoms with Crippen LogP contribution in [0, 0.1) is 5.92 Å². The molecule has 3 nitrogen and oxygen atoms in total. The fraction of sp³-hybridized carbons (Fsp3) is 0.600. The van der Waals surface area contributed by atoms with E-state index < -0.39 is 0 Å². The Hall–Kier alpha value is -1.06. The Labute approximate surface area is 110 Å². The van der Waals surface area contributed by atoms with Gasteiger partial charge in [-0.05, 0) is 43.0 Å². The lowest BCUT2D eigenvalue weighted by Crippen LogP contribution is -2.25. The number of hydrogen-bond acceptors (Lipinski definition) is 3. The van der Waals surface area contributed by atoms with Gasteiger partial charge in [0.1, 0.15) is 5.75 Å². The van der Waals surface area contributed by atoms with Crippen molar-refractivity contribution < 1.29 is 9.47 Å². The van der Waals surface area contributed by atoms with Crippen LogP contribution in [0.1, 0.15) is 18.9 Å². The first-order valence-corrected chi connectivity index (χ1v) is 6.59. The van der Waals surface area contributed by atoms with Gasteiger partial charge in [-0.1, -0.05) is 19.1 Å². The van der Waals surface area contributed by atoms with Crippen LogP contribution in [0.25, 0.3) is 0 Å². The molecule has 0 amide bonds. The predicted molar refractivity (Wildman–Crippen MR) is 75.2 cm³/mol. The highest BCUT2D eigenvalue weighted by Gasteiger charge is 2.02. The van der Waals surface area contributed by atoms with Gasteiger partial charge in [-0.25, -0.2) is 0 Å². The third-order valence-corrected chi connectivity index (χ3v) is 3.06. The minimum absolute atomic E-state index is 0.684. The molecule has 0 saturated heterocycles. The third-order valence-electron chi connectivity index (χ3n) is 3.06. The van der Waals surface area contributed by atoms with Gasteiger partial charge in [-0.15, -0.1) is 0 Å². The molecule has 0 aliphatic carbocycles. The van der Waals surface area contributed by atoms with E-state index >= 15 is 0 Å². The molecule has 0 aliphatic rings. The Bertz CT molecular complexity index is 311. The lowest BCUT2D eigenvalue weighted by Gasteiger charge is -2.12. The summed E-state index contributed by atoms with van der Waals surface area (Å²) in [6.45, 7) is 5.05. The summed E-state index contributed by atoms with van der Waals surface area (Å²) < 4.78 is 10.1. The maximum absolute atomic E-state index is 5.15. The van der Waals surface area contributed by atoms with Crippen molar-refractivity contribution in [2.75, 3.05) is 33.9 Å². The standard InChI is InChI=1S/C15H25NO2/c1-13(12-16-10-11-17-2)4-5-14-6-8-15(18-3)9-7-14/h6-9,13,16H,4-5,10-12H2,1-3H3. The fourth-order valence-electron chi connectivity index (χ4n) is 1.83. The molecule has 1 aromatic rings. The Morgan fingerprint density at radius 2 is 1.89 bits per heavy atom. The van der Waals surface area contributed by atoms with Crippen molar-refractivity contribution in [1.29, 1.82) is 0 Å². The second-order valence-corrected chi connectivity index (χ2v) is 4.69. The molecule has 0 saturated carbocycles. The Morgan fingerprint density at radius 1 is 1.17 bits per heavy atom. The average molecular weight is 251 g/mol. The monoisotopic (exact) mass is 251 g/mol. The van der Waals surface area contributed by atoms with Gasteiger partial charge in [0.25, 0.3) is 0 Å². The molecule has 102 valence electrons. The predicted octanol–water partition coefficient (Wildman–Crippen LogP) is 2.50. The molecule has 0 bridgehead atoms. The van der Waals surface area contributed by atoms with Crippen molar-refractivity contribution in [3.05, 3.63) is 29.8 Å². The molecule has 1 unspecified atom stereocenters. The molecule has 0 aromatic heterocycles. The summed E-state index contributed by atoms with van der Waals surface area (Å²) in [4.78, 5) is 0. The zero-order valence-electron chi connectivity index (χ0n) is 11.7. The second kappa shape index (κ2) is 8.95. The number of nitrogens with one attached hydrogen (secondary N) is 1. The van der Waals surface area contributed by atoms with Gasteiger partial charge in [0.05, 0.1) is 13.7 Å². The summed E-state index contributed by atoms with van der Waals surface area (Å²) in [6.07, 6.45) is 2.32. The summed E-state index contributed by atoms with van der Waals surface area (Å²) in [5.74, 6) is 1.61. The van der Waals surface area contributed by atoms with Gasteiger partial charge in [0.15, 0.2) is 0 Å². The average Bonchev–Trinajstić information content (AvgIpc) is 2.42. The Balaban J connectivity index is 2.18. The van der Waals surface area contributed by atoms with Crippen LogP contribution in [0.2, 0.25) is 0 Å². The van der Waals surface area contributed by atoms with Crippen LogP contribution < -0.4 is 10.1 Å². The highest BCUT2D eigenvalue weighted by Crippen LogP contribution is 2.14. The molecule has 1 rings (SSSR count). The maximum atomic E-state index is 5.15. The number of ether oxygens (including phenoxy) is 2. The van der Waals surface area contributed by atoms with E-state index in [1.807, 2.05) is 12.1 Å². The molecule has 1 atom stereocenters. The summed E-state index contributed by atoms with van der Waals surface area (Å²) in [6, 6.07) is 8.33. The van der Waals surface area contributed by atoms with E-state index in [9.17, 15) is 0 Å². The van der Waals surface area contributed by atoms with Crippen LogP contribution in [0.3, 0.4) is 0 Å². The van der Waals surface area contributed by atoms with Crippen molar-refractivity contribution >= 4 is 0 Å². The largest absolute Gasteiger partial charge is 0.497 e. The van der Waals surface area contributed by atoms with Crippen molar-refractivity contribution in [1.82, 2.24) is 5.32 Å². The number of benzene rings is 1. The van der Waals surface area contributed by atoms with Gasteiger partial charge < -0.3 is 14.8 Å². The van der Waals surface area contributed by atoms with Crippen LogP contribution in [-0.4, -0.2) is 33.9 Å². The van der Waals surface area contributed by atoms with E-state index in [0.717, 1.165) is 31.9 Å². The molecule has 18 heavy (non-hydrogen) atoms. The number of aryl methyl sites for hydroxylation is 1. The number of methoxy groups -OCH3 is 2. The first kappa shape index (κ1) is 15.0. The SMILES string of the molecule is COCCNCC(C)CCc1ccc(OC)cc1. The minimum Gasteiger partial charge on any atom is -0.497 e. The summed E-state index contributed by atoms with van der Waals surface area (Å²) in [5.41, 5.74) is 1.37. The third kappa shape index (κ3) is 6.03. The normalized spacial score (nSPS) is 12.4. The van der Waals surface area contributed by atoms with Gasteiger partial charge >= 0.3 is 0 Å². The molecule has 0 radical (unpaired) electrons. The van der Waals surface area contributed by atoms with Crippen LogP contribution in [0.15, 0.2) is 24.3 Å². The first-order valence-electron chi connectivity index (χ1n) is 6.59. The van der Waals surface area contributed by atoms with Crippen molar-refractivity contribution in [2.45, 2.75) is 19.8 Å². The van der Waals surface area contributed by atoms with Crippen molar-refractivity contribution in [3.8, 4) is 5.75 Å². The topological polar surface area (TPSA) is 30.5 Å². The highest BCUT2D eigenvalue weighted by molar-refractivity contribution is 5.27. The molecule has 0 fully saturated rings. The van der Waals surface area contributed by atoms with Gasteiger partial charge in [0.2, 0.25) is 0 Å². The molecule has 1 aromatic carbocycles. The van der Waals surface area contributed by atoms with Crippen molar-refractivity contribution in [2.24, 2.45) is 5.92 Å². The lowest BCUT2D eigenvalue weighted by atomic mass is 10.0. The van der Waals surface area contributed by atoms with E-state index in [2.05, 4.69) is 24.4 Å². The zero-order valence-corrected chi connectivity index (χ0v) is 11.7. The van der Waals surface area contributed by atoms with Crippen LogP contribution >= 0.6 is 0 Å². The van der Waals surface area contributed by atoms with E-state index in [0.29, 0.717) is 5.92 Å². The smallest absolute Gasteiger partial charge is 0.118 e. The molecule has 0 aliphatic heterocycles. The molecule has 0 spiro atoms. The van der Waals surface area contributed by atoms with Crippen molar-refractivity contribution in [3.63, 3.8) is 0 Å². The lowest BCUT2D eigenvalue weighted by molar-refractivity contribution is 0.198. The van der Waals surface area contributed by atoms with Gasteiger partial charge in [-0.2, -0.15) is 0 Å². The molecule has 0 heterocycles. The van der Waals surface area contributed by atoms with E-state index in [4.69, 9.17) is 9.47 Å². The summed E-state index contributed by atoms with van der Waals surface area (Å²) in [7, 11) is 3.43. The number of rotatable bonds is 9. The molecular weight excluding hydrogens is 226 g/mol. The maximum Gasteiger partial charge on any atom is 0.118 e. The van der Waals surface area contributed by atoms with E-state index in [1.165, 1.54) is 12.0 Å². The van der Waals surface area contributed by atoms with Gasteiger partial charge in [0, 0.05) is 13.7 Å². The Kier molecular flexibility index (Phi) is 7.46. The fourth-order valence-corrected chi connectivity index (χ4v) is 1.83. The molecule has 1 N–H and O–H groups in total. The van der Waals surface area contributed by atoms with Crippen LogP contribution in [0.5, 0.6) is 5.75 Å². The summed E-state index contributed by atoms with van der Waals surface area (Å²) >= 11 is 0. The summed E-state index contributed by atoms with van der Waals surface area (Å²) in [5, 5.41) is 3.40. The Morgan fingerprint density at radius 3 is 2.50 bits per heavy atom. The minimum atomic E-state index is 0.684. The highest BCUT2D eigenvalue weighted by atomic mass is 16.5. The molecular formula is C15H25NO2. The quantitative estimate of drug-likeness (QED) is 0.684. The molecule has 3 heteroatoms. The van der Waals surface area contributed by atoms with Crippen LogP contribution in [0.4, 0.5) is 0 Å². The van der Waals surface area contributed by atoms with Gasteiger partial charge in [-0.3, -0.25) is 0 Å². The van der Waals surface area contributed by atoms with E-state index in [1.54, 1.807) is 14.2 Å². The van der Waals surface area contributed by atoms with Crippen LogP contribution in [-0.2, 0) is 11.2 Å².